The average Bonchev–Trinajstić information content (AvgIpc) is 3.09. The first kappa shape index (κ1) is 15.3. The lowest BCUT2D eigenvalue weighted by atomic mass is 9.93. The Morgan fingerprint density at radius 1 is 0.857 bits per heavy atom. The maximum Gasteiger partial charge on any atom is 0.239 e. The van der Waals surface area contributed by atoms with Gasteiger partial charge >= 0.3 is 0 Å². The van der Waals surface area contributed by atoms with Gasteiger partial charge in [0.05, 0.1) is 6.04 Å². The van der Waals surface area contributed by atoms with E-state index in [4.69, 9.17) is 0 Å². The van der Waals surface area contributed by atoms with Gasteiger partial charge in [0.25, 0.3) is 0 Å². The van der Waals surface area contributed by atoms with E-state index in [9.17, 15) is 4.79 Å². The van der Waals surface area contributed by atoms with E-state index in [0.717, 1.165) is 45.3 Å². The van der Waals surface area contributed by atoms with Gasteiger partial charge in [-0.15, -0.1) is 0 Å². The zero-order valence-corrected chi connectivity index (χ0v) is 13.6. The van der Waals surface area contributed by atoms with Crippen LogP contribution in [0.15, 0.2) is 0 Å². The second-order valence-electron chi connectivity index (χ2n) is 7.07. The van der Waals surface area contributed by atoms with Gasteiger partial charge in [-0.3, -0.25) is 14.6 Å². The molecule has 1 amide bonds. The fraction of sp³-hybridized carbons (Fsp3) is 0.941. The van der Waals surface area contributed by atoms with E-state index < -0.39 is 0 Å². The van der Waals surface area contributed by atoms with Crippen molar-refractivity contribution >= 4 is 5.91 Å². The molecule has 2 aliphatic heterocycles. The molecule has 0 N–H and O–H groups in total. The topological polar surface area (TPSA) is 26.8 Å². The van der Waals surface area contributed by atoms with Gasteiger partial charge in [-0.2, -0.15) is 0 Å². The molecule has 1 saturated carbocycles. The standard InChI is InChI=1S/C17H31N3O/c1-15(17(21)20-9-5-6-10-20)18-11-13-19(14-12-18)16-7-3-2-4-8-16/h15-16H,2-14H2,1H3/t15-/m0/s1. The zero-order valence-electron chi connectivity index (χ0n) is 13.6. The molecule has 0 aromatic heterocycles. The first-order valence-electron chi connectivity index (χ1n) is 9.02. The molecule has 4 heteroatoms. The van der Waals surface area contributed by atoms with Crippen LogP contribution in [0.4, 0.5) is 0 Å². The Morgan fingerprint density at radius 2 is 1.48 bits per heavy atom. The van der Waals surface area contributed by atoms with Crippen LogP contribution in [0.3, 0.4) is 0 Å². The zero-order chi connectivity index (χ0) is 14.7. The molecule has 21 heavy (non-hydrogen) atoms. The van der Waals surface area contributed by atoms with Crippen LogP contribution in [0, 0.1) is 0 Å². The molecule has 1 aliphatic carbocycles. The third kappa shape index (κ3) is 3.59. The molecule has 0 aromatic carbocycles. The smallest absolute Gasteiger partial charge is 0.239 e. The molecule has 2 saturated heterocycles. The number of carbonyl (C=O) groups excluding carboxylic acids is 1. The van der Waals surface area contributed by atoms with Crippen LogP contribution >= 0.6 is 0 Å². The Bertz CT molecular complexity index is 340. The molecule has 0 spiro atoms. The van der Waals surface area contributed by atoms with Crippen LogP contribution < -0.4 is 0 Å². The van der Waals surface area contributed by atoms with Crippen LogP contribution in [-0.2, 0) is 4.79 Å². The van der Waals surface area contributed by atoms with E-state index >= 15 is 0 Å². The van der Waals surface area contributed by atoms with Gasteiger partial charge in [0.2, 0.25) is 5.91 Å². The Labute approximate surface area is 129 Å². The molecule has 1 atom stereocenters. The number of carbonyl (C=O) groups is 1. The summed E-state index contributed by atoms with van der Waals surface area (Å²) in [7, 11) is 0. The molecule has 120 valence electrons. The van der Waals surface area contributed by atoms with Crippen LogP contribution in [0.2, 0.25) is 0 Å². The molecule has 3 aliphatic rings. The van der Waals surface area contributed by atoms with Crippen molar-refractivity contribution in [1.29, 1.82) is 0 Å². The summed E-state index contributed by atoms with van der Waals surface area (Å²) in [5.74, 6) is 0.360. The normalized spacial score (nSPS) is 28.0. The predicted octanol–water partition coefficient (Wildman–Crippen LogP) is 1.95. The van der Waals surface area contributed by atoms with Crippen LogP contribution in [-0.4, -0.2) is 72.0 Å². The van der Waals surface area contributed by atoms with Gasteiger partial charge in [0.15, 0.2) is 0 Å². The Kier molecular flexibility index (Phi) is 5.17. The van der Waals surface area contributed by atoms with Crippen molar-refractivity contribution in [3.8, 4) is 0 Å². The summed E-state index contributed by atoms with van der Waals surface area (Å²) >= 11 is 0. The van der Waals surface area contributed by atoms with E-state index in [-0.39, 0.29) is 6.04 Å². The lowest BCUT2D eigenvalue weighted by molar-refractivity contribution is -0.136. The third-order valence-electron chi connectivity index (χ3n) is 5.76. The number of hydrogen-bond donors (Lipinski definition) is 0. The van der Waals surface area contributed by atoms with Gasteiger partial charge in [0.1, 0.15) is 0 Å². The Hall–Kier alpha value is -0.610. The molecule has 0 radical (unpaired) electrons. The van der Waals surface area contributed by atoms with Crippen LogP contribution in [0.25, 0.3) is 0 Å². The highest BCUT2D eigenvalue weighted by molar-refractivity contribution is 5.81. The molecular formula is C17H31N3O. The minimum Gasteiger partial charge on any atom is -0.341 e. The lowest BCUT2D eigenvalue weighted by Crippen LogP contribution is -2.56. The molecule has 3 fully saturated rings. The second kappa shape index (κ2) is 7.10. The van der Waals surface area contributed by atoms with Crippen LogP contribution in [0.1, 0.15) is 51.9 Å². The van der Waals surface area contributed by atoms with Crippen molar-refractivity contribution in [3.05, 3.63) is 0 Å². The first-order valence-corrected chi connectivity index (χ1v) is 9.02. The van der Waals surface area contributed by atoms with Gasteiger partial charge in [0, 0.05) is 45.3 Å². The molecule has 0 unspecified atom stereocenters. The molecule has 0 aromatic rings. The molecule has 4 nitrogen and oxygen atoms in total. The molecule has 3 rings (SSSR count). The highest BCUT2D eigenvalue weighted by atomic mass is 16.2. The van der Waals surface area contributed by atoms with Gasteiger partial charge in [-0.1, -0.05) is 19.3 Å². The summed E-state index contributed by atoms with van der Waals surface area (Å²) < 4.78 is 0. The highest BCUT2D eigenvalue weighted by Crippen LogP contribution is 2.24. The summed E-state index contributed by atoms with van der Waals surface area (Å²) in [6.45, 7) is 8.51. The lowest BCUT2D eigenvalue weighted by Gasteiger charge is -2.42. The van der Waals surface area contributed by atoms with E-state index in [1.807, 2.05) is 0 Å². The summed E-state index contributed by atoms with van der Waals surface area (Å²) in [5, 5.41) is 0. The Morgan fingerprint density at radius 3 is 2.10 bits per heavy atom. The van der Waals surface area contributed by atoms with Crippen molar-refractivity contribution < 1.29 is 4.79 Å². The van der Waals surface area contributed by atoms with Crippen molar-refractivity contribution in [2.24, 2.45) is 0 Å². The minimum absolute atomic E-state index is 0.0802. The average molecular weight is 293 g/mol. The van der Waals surface area contributed by atoms with E-state index in [0.29, 0.717) is 5.91 Å². The molecular weight excluding hydrogens is 262 g/mol. The summed E-state index contributed by atoms with van der Waals surface area (Å²) in [5.41, 5.74) is 0. The third-order valence-corrected chi connectivity index (χ3v) is 5.76. The second-order valence-corrected chi connectivity index (χ2v) is 7.07. The summed E-state index contributed by atoms with van der Waals surface area (Å²) in [4.78, 5) is 19.7. The SMILES string of the molecule is C[C@@H](C(=O)N1CCCC1)N1CCN(C2CCCCC2)CC1. The number of piperazine rings is 1. The maximum atomic E-state index is 12.5. The summed E-state index contributed by atoms with van der Waals surface area (Å²) in [6.07, 6.45) is 9.41. The van der Waals surface area contributed by atoms with Crippen molar-refractivity contribution in [2.45, 2.75) is 64.0 Å². The Balaban J connectivity index is 1.47. The van der Waals surface area contributed by atoms with Crippen molar-refractivity contribution in [1.82, 2.24) is 14.7 Å². The van der Waals surface area contributed by atoms with Crippen molar-refractivity contribution in [3.63, 3.8) is 0 Å². The highest BCUT2D eigenvalue weighted by Gasteiger charge is 2.31. The van der Waals surface area contributed by atoms with E-state index in [1.165, 1.54) is 44.9 Å². The van der Waals surface area contributed by atoms with E-state index in [1.54, 1.807) is 0 Å². The molecule has 0 bridgehead atoms. The number of amides is 1. The number of nitrogens with zero attached hydrogens (tertiary/aromatic N) is 3. The van der Waals surface area contributed by atoms with Crippen LogP contribution in [0.5, 0.6) is 0 Å². The quantitative estimate of drug-likeness (QED) is 0.796. The van der Waals surface area contributed by atoms with Gasteiger partial charge in [-0.25, -0.2) is 0 Å². The first-order chi connectivity index (χ1) is 10.3. The van der Waals surface area contributed by atoms with Gasteiger partial charge in [-0.05, 0) is 32.6 Å². The number of rotatable bonds is 3. The predicted molar refractivity (Wildman–Crippen MR) is 85.3 cm³/mol. The fourth-order valence-corrected chi connectivity index (χ4v) is 4.29. The number of hydrogen-bond acceptors (Lipinski definition) is 3. The van der Waals surface area contributed by atoms with Crippen molar-refractivity contribution in [2.75, 3.05) is 39.3 Å². The maximum absolute atomic E-state index is 12.5. The van der Waals surface area contributed by atoms with E-state index in [2.05, 4.69) is 21.6 Å². The largest absolute Gasteiger partial charge is 0.341 e. The van der Waals surface area contributed by atoms with Gasteiger partial charge < -0.3 is 4.90 Å². The summed E-state index contributed by atoms with van der Waals surface area (Å²) in [6, 6.07) is 0.905. The molecule has 2 heterocycles. The fourth-order valence-electron chi connectivity index (χ4n) is 4.29. The monoisotopic (exact) mass is 293 g/mol. The number of likely N-dealkylation sites (tertiary alicyclic amines) is 1. The minimum atomic E-state index is 0.0802.